The van der Waals surface area contributed by atoms with E-state index in [2.05, 4.69) is 22.3 Å². The number of benzene rings is 1. The Bertz CT molecular complexity index is 795. The van der Waals surface area contributed by atoms with Crippen LogP contribution in [-0.4, -0.2) is 54.2 Å². The van der Waals surface area contributed by atoms with Gasteiger partial charge in [-0.1, -0.05) is 24.3 Å². The molecule has 2 atom stereocenters. The second kappa shape index (κ2) is 7.02. The van der Waals surface area contributed by atoms with Gasteiger partial charge < -0.3 is 24.6 Å². The van der Waals surface area contributed by atoms with Crippen molar-refractivity contribution < 1.29 is 14.3 Å². The molecular formula is C21H27N3O3. The Balaban J connectivity index is 1.47. The average molecular weight is 369 g/mol. The summed E-state index contributed by atoms with van der Waals surface area (Å²) in [6.45, 7) is 1.66. The van der Waals surface area contributed by atoms with E-state index in [-0.39, 0.29) is 17.5 Å². The molecule has 6 heteroatoms. The monoisotopic (exact) mass is 369 g/mol. The smallest absolute Gasteiger partial charge is 0.317 e. The van der Waals surface area contributed by atoms with Gasteiger partial charge in [0.2, 0.25) is 0 Å². The third-order valence-corrected chi connectivity index (χ3v) is 6.17. The lowest BCUT2D eigenvalue weighted by molar-refractivity contribution is 0.00223. The molecule has 2 N–H and O–H groups in total. The van der Waals surface area contributed by atoms with Crippen LogP contribution >= 0.6 is 0 Å². The Labute approximate surface area is 159 Å². The summed E-state index contributed by atoms with van der Waals surface area (Å²) in [5.74, 6) is 0.741. The third-order valence-electron chi connectivity index (χ3n) is 6.17. The molecule has 1 fully saturated rings. The molecular weight excluding hydrogens is 342 g/mol. The van der Waals surface area contributed by atoms with Crippen molar-refractivity contribution in [1.82, 2.24) is 15.1 Å². The summed E-state index contributed by atoms with van der Waals surface area (Å²) in [6.07, 6.45) is 2.68. The number of amides is 2. The minimum atomic E-state index is -0.460. The highest BCUT2D eigenvalue weighted by Crippen LogP contribution is 2.52. The maximum absolute atomic E-state index is 12.5. The Hall–Kier alpha value is -2.31. The van der Waals surface area contributed by atoms with Crippen LogP contribution in [0.1, 0.15) is 35.8 Å². The standard InChI is InChI=1S/C21H27N3O3/c1-23(2)18-16-7-3-4-8-17(16)21(19(18)25)9-11-24(12-10-21)20(26)22-14-15-6-5-13-27-15/h3-8,13,18-19,25H,9-12,14H2,1-2H3,(H,22,26)/t18-,19+/m0/s1. The van der Waals surface area contributed by atoms with Crippen LogP contribution in [0.25, 0.3) is 0 Å². The molecule has 1 aliphatic heterocycles. The Kier molecular flexibility index (Phi) is 4.70. The first-order valence-electron chi connectivity index (χ1n) is 9.52. The van der Waals surface area contributed by atoms with E-state index in [1.165, 1.54) is 11.1 Å². The maximum atomic E-state index is 12.5. The fraction of sp³-hybridized carbons (Fsp3) is 0.476. The zero-order valence-corrected chi connectivity index (χ0v) is 15.9. The quantitative estimate of drug-likeness (QED) is 0.872. The molecule has 2 aliphatic rings. The molecule has 2 aromatic rings. The van der Waals surface area contributed by atoms with Crippen molar-refractivity contribution in [2.24, 2.45) is 0 Å². The summed E-state index contributed by atoms with van der Waals surface area (Å²) in [6, 6.07) is 11.9. The second-order valence-corrected chi connectivity index (χ2v) is 7.82. The molecule has 2 heterocycles. The normalized spacial score (nSPS) is 23.6. The molecule has 0 radical (unpaired) electrons. The van der Waals surface area contributed by atoms with E-state index in [1.54, 1.807) is 6.26 Å². The minimum absolute atomic E-state index is 0.000490. The van der Waals surface area contributed by atoms with Gasteiger partial charge in [0.1, 0.15) is 5.76 Å². The number of urea groups is 1. The number of hydrogen-bond acceptors (Lipinski definition) is 4. The summed E-state index contributed by atoms with van der Waals surface area (Å²) in [5.41, 5.74) is 2.18. The van der Waals surface area contributed by atoms with Gasteiger partial charge in [-0.3, -0.25) is 0 Å². The molecule has 1 aromatic carbocycles. The number of piperidine rings is 1. The van der Waals surface area contributed by atoms with E-state index in [4.69, 9.17) is 4.42 Å². The van der Waals surface area contributed by atoms with Crippen LogP contribution in [0.5, 0.6) is 0 Å². The average Bonchev–Trinajstić information content (AvgIpc) is 3.27. The van der Waals surface area contributed by atoms with E-state index >= 15 is 0 Å². The number of hydrogen-bond donors (Lipinski definition) is 2. The first-order valence-corrected chi connectivity index (χ1v) is 9.52. The van der Waals surface area contributed by atoms with Crippen LogP contribution in [-0.2, 0) is 12.0 Å². The Morgan fingerprint density at radius 1 is 1.26 bits per heavy atom. The molecule has 6 nitrogen and oxygen atoms in total. The fourth-order valence-corrected chi connectivity index (χ4v) is 4.76. The molecule has 0 unspecified atom stereocenters. The number of nitrogens with zero attached hydrogens (tertiary/aromatic N) is 2. The number of furan rings is 1. The van der Waals surface area contributed by atoms with Gasteiger partial charge in [-0.05, 0) is 50.2 Å². The summed E-state index contributed by atoms with van der Waals surface area (Å²) in [7, 11) is 4.03. The largest absolute Gasteiger partial charge is 0.467 e. The van der Waals surface area contributed by atoms with Gasteiger partial charge in [0.05, 0.1) is 25.0 Å². The molecule has 0 bridgehead atoms. The lowest BCUT2D eigenvalue weighted by Gasteiger charge is -2.43. The molecule has 2 amide bonds. The van der Waals surface area contributed by atoms with Crippen molar-refractivity contribution in [2.75, 3.05) is 27.2 Å². The van der Waals surface area contributed by atoms with E-state index in [0.29, 0.717) is 19.6 Å². The Morgan fingerprint density at radius 3 is 2.67 bits per heavy atom. The van der Waals surface area contributed by atoms with Gasteiger partial charge in [0.25, 0.3) is 0 Å². The molecule has 1 saturated heterocycles. The van der Waals surface area contributed by atoms with Gasteiger partial charge in [0.15, 0.2) is 0 Å². The predicted molar refractivity (Wildman–Crippen MR) is 102 cm³/mol. The van der Waals surface area contributed by atoms with Crippen molar-refractivity contribution in [2.45, 2.75) is 36.9 Å². The van der Waals surface area contributed by atoms with Gasteiger partial charge in [-0.25, -0.2) is 4.79 Å². The minimum Gasteiger partial charge on any atom is -0.467 e. The lowest BCUT2D eigenvalue weighted by atomic mass is 9.72. The number of likely N-dealkylation sites (tertiary alicyclic amines) is 1. The first kappa shape index (κ1) is 18.1. The first-order chi connectivity index (χ1) is 13.0. The third kappa shape index (κ3) is 3.03. The van der Waals surface area contributed by atoms with E-state index in [0.717, 1.165) is 18.6 Å². The van der Waals surface area contributed by atoms with Gasteiger partial charge in [-0.15, -0.1) is 0 Å². The van der Waals surface area contributed by atoms with Crippen molar-refractivity contribution in [3.63, 3.8) is 0 Å². The highest BCUT2D eigenvalue weighted by molar-refractivity contribution is 5.74. The Morgan fingerprint density at radius 2 is 2.00 bits per heavy atom. The highest BCUT2D eigenvalue weighted by Gasteiger charge is 2.53. The van der Waals surface area contributed by atoms with E-state index in [9.17, 15) is 9.90 Å². The summed E-state index contributed by atoms with van der Waals surface area (Å²) in [5, 5.41) is 14.1. The molecule has 0 saturated carbocycles. The zero-order chi connectivity index (χ0) is 19.0. The van der Waals surface area contributed by atoms with Crippen LogP contribution in [0.3, 0.4) is 0 Å². The van der Waals surface area contributed by atoms with Crippen LogP contribution in [0.4, 0.5) is 4.79 Å². The van der Waals surface area contributed by atoms with Gasteiger partial charge >= 0.3 is 6.03 Å². The number of nitrogens with one attached hydrogen (secondary N) is 1. The molecule has 144 valence electrons. The van der Waals surface area contributed by atoms with Crippen molar-refractivity contribution >= 4 is 6.03 Å². The molecule has 4 rings (SSSR count). The molecule has 27 heavy (non-hydrogen) atoms. The van der Waals surface area contributed by atoms with E-state index in [1.807, 2.05) is 43.3 Å². The highest BCUT2D eigenvalue weighted by atomic mass is 16.3. The molecule has 1 spiro atoms. The predicted octanol–water partition coefficient (Wildman–Crippen LogP) is 2.50. The van der Waals surface area contributed by atoms with Crippen molar-refractivity contribution in [3.05, 3.63) is 59.5 Å². The number of aliphatic hydroxyl groups is 1. The number of fused-ring (bicyclic) bond motifs is 2. The molecule has 1 aliphatic carbocycles. The number of rotatable bonds is 3. The second-order valence-electron chi connectivity index (χ2n) is 7.82. The molecule has 1 aromatic heterocycles. The van der Waals surface area contributed by atoms with Crippen LogP contribution in [0.15, 0.2) is 47.1 Å². The van der Waals surface area contributed by atoms with Gasteiger partial charge in [-0.2, -0.15) is 0 Å². The van der Waals surface area contributed by atoms with Gasteiger partial charge in [0, 0.05) is 18.5 Å². The SMILES string of the molecule is CN(C)[C@H]1c2ccccc2C2(CCN(C(=O)NCc3ccco3)CC2)[C@@H]1O. The summed E-state index contributed by atoms with van der Waals surface area (Å²) < 4.78 is 5.26. The summed E-state index contributed by atoms with van der Waals surface area (Å²) in [4.78, 5) is 16.4. The number of carbonyl (C=O) groups excluding carboxylic acids is 1. The van der Waals surface area contributed by atoms with Crippen molar-refractivity contribution in [3.8, 4) is 0 Å². The van der Waals surface area contributed by atoms with E-state index < -0.39 is 6.10 Å². The van der Waals surface area contributed by atoms with Crippen LogP contribution in [0, 0.1) is 0 Å². The zero-order valence-electron chi connectivity index (χ0n) is 15.9. The number of carbonyl (C=O) groups is 1. The van der Waals surface area contributed by atoms with Crippen molar-refractivity contribution in [1.29, 1.82) is 0 Å². The number of aliphatic hydroxyl groups excluding tert-OH is 1. The summed E-state index contributed by atoms with van der Waals surface area (Å²) >= 11 is 0. The van der Waals surface area contributed by atoms with Crippen LogP contribution < -0.4 is 5.32 Å². The topological polar surface area (TPSA) is 69.0 Å². The maximum Gasteiger partial charge on any atom is 0.317 e. The lowest BCUT2D eigenvalue weighted by Crippen LogP contribution is -2.52. The van der Waals surface area contributed by atoms with Crippen LogP contribution in [0.2, 0.25) is 0 Å². The number of likely N-dealkylation sites (N-methyl/N-ethyl adjacent to an activating group) is 1. The fourth-order valence-electron chi connectivity index (χ4n) is 4.76.